The molecule has 5 heteroatoms. The largest absolute Gasteiger partial charge is 0.384 e. The second kappa shape index (κ2) is 8.72. The third kappa shape index (κ3) is 5.12. The molecular weight excluding hydrogens is 322 g/mol. The van der Waals surface area contributed by atoms with Crippen LogP contribution in [0.15, 0.2) is 29.3 Å². The standard InChI is InChI=1S/C19H30ClN3O/c1-5-21-18(23-10-9-15(12-23)13-24-4)22-14-19(2,3)16-7-6-8-17(20)11-16/h6-8,11,15H,5,9-10,12-14H2,1-4H3,(H,21,22). The summed E-state index contributed by atoms with van der Waals surface area (Å²) in [6, 6.07) is 8.08. The second-order valence-electron chi connectivity index (χ2n) is 7.12. The summed E-state index contributed by atoms with van der Waals surface area (Å²) in [7, 11) is 1.77. The summed E-state index contributed by atoms with van der Waals surface area (Å²) >= 11 is 6.14. The van der Waals surface area contributed by atoms with E-state index in [9.17, 15) is 0 Å². The summed E-state index contributed by atoms with van der Waals surface area (Å²) in [6.45, 7) is 11.0. The Balaban J connectivity index is 2.07. The molecule has 1 aliphatic rings. The van der Waals surface area contributed by atoms with Crippen molar-refractivity contribution in [3.63, 3.8) is 0 Å². The third-order valence-electron chi connectivity index (χ3n) is 4.55. The van der Waals surface area contributed by atoms with Crippen molar-refractivity contribution in [1.82, 2.24) is 10.2 Å². The van der Waals surface area contributed by atoms with Crippen molar-refractivity contribution in [3.8, 4) is 0 Å². The van der Waals surface area contributed by atoms with Crippen molar-refractivity contribution in [2.45, 2.75) is 32.6 Å². The van der Waals surface area contributed by atoms with Gasteiger partial charge in [0, 0.05) is 43.1 Å². The third-order valence-corrected chi connectivity index (χ3v) is 4.79. The number of rotatable bonds is 6. The number of nitrogens with one attached hydrogen (secondary N) is 1. The number of halogens is 1. The van der Waals surface area contributed by atoms with Crippen LogP contribution in [0.4, 0.5) is 0 Å². The van der Waals surface area contributed by atoms with Gasteiger partial charge in [0.05, 0.1) is 13.2 Å². The Bertz CT molecular complexity index is 559. The number of hydrogen-bond donors (Lipinski definition) is 1. The molecule has 2 rings (SSSR count). The minimum Gasteiger partial charge on any atom is -0.384 e. The Morgan fingerprint density at radius 3 is 2.92 bits per heavy atom. The molecule has 1 unspecified atom stereocenters. The molecule has 0 radical (unpaired) electrons. The van der Waals surface area contributed by atoms with Crippen LogP contribution in [0, 0.1) is 5.92 Å². The highest BCUT2D eigenvalue weighted by atomic mass is 35.5. The van der Waals surface area contributed by atoms with Gasteiger partial charge in [-0.05, 0) is 31.0 Å². The van der Waals surface area contributed by atoms with Gasteiger partial charge < -0.3 is 15.0 Å². The van der Waals surface area contributed by atoms with Crippen LogP contribution in [0.3, 0.4) is 0 Å². The van der Waals surface area contributed by atoms with E-state index in [0.717, 1.165) is 50.2 Å². The Morgan fingerprint density at radius 2 is 2.25 bits per heavy atom. The van der Waals surface area contributed by atoms with E-state index in [2.05, 4.69) is 37.1 Å². The summed E-state index contributed by atoms with van der Waals surface area (Å²) in [5.41, 5.74) is 1.16. The lowest BCUT2D eigenvalue weighted by molar-refractivity contribution is 0.157. The predicted octanol–water partition coefficient (Wildman–Crippen LogP) is 3.55. The van der Waals surface area contributed by atoms with Gasteiger partial charge in [0.1, 0.15) is 0 Å². The smallest absolute Gasteiger partial charge is 0.193 e. The van der Waals surface area contributed by atoms with E-state index in [4.69, 9.17) is 21.3 Å². The summed E-state index contributed by atoms with van der Waals surface area (Å²) < 4.78 is 5.30. The Labute approximate surface area is 151 Å². The van der Waals surface area contributed by atoms with E-state index in [1.54, 1.807) is 7.11 Å². The summed E-state index contributed by atoms with van der Waals surface area (Å²) in [5, 5.41) is 4.21. The lowest BCUT2D eigenvalue weighted by Crippen LogP contribution is -2.41. The summed E-state index contributed by atoms with van der Waals surface area (Å²) in [6.07, 6.45) is 1.16. The van der Waals surface area contributed by atoms with Crippen molar-refractivity contribution in [1.29, 1.82) is 0 Å². The molecule has 1 heterocycles. The maximum Gasteiger partial charge on any atom is 0.193 e. The molecule has 1 aromatic rings. The number of likely N-dealkylation sites (tertiary alicyclic amines) is 1. The molecule has 4 nitrogen and oxygen atoms in total. The van der Waals surface area contributed by atoms with Gasteiger partial charge in [-0.25, -0.2) is 0 Å². The average Bonchev–Trinajstić information content (AvgIpc) is 3.00. The highest BCUT2D eigenvalue weighted by molar-refractivity contribution is 6.30. The molecule has 0 amide bonds. The molecule has 1 aliphatic heterocycles. The number of ether oxygens (including phenoxy) is 1. The lowest BCUT2D eigenvalue weighted by Gasteiger charge is -2.26. The van der Waals surface area contributed by atoms with Gasteiger partial charge in [0.15, 0.2) is 5.96 Å². The second-order valence-corrected chi connectivity index (χ2v) is 7.56. The van der Waals surface area contributed by atoms with E-state index in [0.29, 0.717) is 5.92 Å². The van der Waals surface area contributed by atoms with Gasteiger partial charge in [-0.15, -0.1) is 0 Å². The zero-order chi connectivity index (χ0) is 17.6. The van der Waals surface area contributed by atoms with E-state index < -0.39 is 0 Å². The van der Waals surface area contributed by atoms with Crippen LogP contribution in [-0.4, -0.2) is 50.8 Å². The molecule has 0 spiro atoms. The minimum absolute atomic E-state index is 0.0583. The number of aliphatic imine (C=N–C) groups is 1. The molecule has 1 atom stereocenters. The Kier molecular flexibility index (Phi) is 6.93. The number of guanidine groups is 1. The van der Waals surface area contributed by atoms with E-state index >= 15 is 0 Å². The first kappa shape index (κ1) is 19.1. The van der Waals surface area contributed by atoms with Crippen LogP contribution in [0.5, 0.6) is 0 Å². The topological polar surface area (TPSA) is 36.9 Å². The van der Waals surface area contributed by atoms with Crippen molar-refractivity contribution in [3.05, 3.63) is 34.9 Å². The fraction of sp³-hybridized carbons (Fsp3) is 0.632. The fourth-order valence-corrected chi connectivity index (χ4v) is 3.29. The maximum absolute atomic E-state index is 6.14. The number of benzene rings is 1. The van der Waals surface area contributed by atoms with E-state index in [1.165, 1.54) is 5.56 Å². The molecule has 0 bridgehead atoms. The summed E-state index contributed by atoms with van der Waals surface area (Å²) in [4.78, 5) is 7.26. The summed E-state index contributed by atoms with van der Waals surface area (Å²) in [5.74, 6) is 1.60. The van der Waals surface area contributed by atoms with Gasteiger partial charge in [-0.3, -0.25) is 4.99 Å². The molecule has 0 aromatic heterocycles. The zero-order valence-corrected chi connectivity index (χ0v) is 16.1. The molecule has 134 valence electrons. The molecule has 0 saturated carbocycles. The lowest BCUT2D eigenvalue weighted by atomic mass is 9.85. The van der Waals surface area contributed by atoms with E-state index in [-0.39, 0.29) is 5.41 Å². The first-order valence-corrected chi connectivity index (χ1v) is 9.12. The quantitative estimate of drug-likeness (QED) is 0.629. The molecule has 0 aliphatic carbocycles. The van der Waals surface area contributed by atoms with Crippen molar-refractivity contribution in [2.24, 2.45) is 10.9 Å². The van der Waals surface area contributed by atoms with Crippen LogP contribution in [0.1, 0.15) is 32.8 Å². The van der Waals surface area contributed by atoms with Gasteiger partial charge in [-0.1, -0.05) is 37.6 Å². The Morgan fingerprint density at radius 1 is 1.46 bits per heavy atom. The first-order valence-electron chi connectivity index (χ1n) is 8.74. The molecular formula is C19H30ClN3O. The molecule has 1 N–H and O–H groups in total. The van der Waals surface area contributed by atoms with Crippen LogP contribution in [0.25, 0.3) is 0 Å². The molecule has 1 fully saturated rings. The monoisotopic (exact) mass is 351 g/mol. The maximum atomic E-state index is 6.14. The molecule has 1 aromatic carbocycles. The zero-order valence-electron chi connectivity index (χ0n) is 15.3. The van der Waals surface area contributed by atoms with Crippen LogP contribution >= 0.6 is 11.6 Å². The molecule has 24 heavy (non-hydrogen) atoms. The van der Waals surface area contributed by atoms with E-state index in [1.807, 2.05) is 18.2 Å². The van der Waals surface area contributed by atoms with Crippen LogP contribution in [-0.2, 0) is 10.2 Å². The van der Waals surface area contributed by atoms with Gasteiger partial charge in [-0.2, -0.15) is 0 Å². The normalized spacial score (nSPS) is 19.0. The first-order chi connectivity index (χ1) is 11.5. The van der Waals surface area contributed by atoms with Crippen LogP contribution < -0.4 is 5.32 Å². The van der Waals surface area contributed by atoms with Crippen LogP contribution in [0.2, 0.25) is 5.02 Å². The van der Waals surface area contributed by atoms with Gasteiger partial charge in [0.25, 0.3) is 0 Å². The van der Waals surface area contributed by atoms with Crippen molar-refractivity contribution >= 4 is 17.6 Å². The predicted molar refractivity (Wildman–Crippen MR) is 102 cm³/mol. The molecule has 1 saturated heterocycles. The van der Waals surface area contributed by atoms with Crippen molar-refractivity contribution in [2.75, 3.05) is 39.9 Å². The highest BCUT2D eigenvalue weighted by Crippen LogP contribution is 2.26. The number of hydrogen-bond acceptors (Lipinski definition) is 2. The minimum atomic E-state index is -0.0583. The number of nitrogens with zero attached hydrogens (tertiary/aromatic N) is 2. The van der Waals surface area contributed by atoms with Gasteiger partial charge in [0.2, 0.25) is 0 Å². The Hall–Kier alpha value is -1.26. The average molecular weight is 352 g/mol. The highest BCUT2D eigenvalue weighted by Gasteiger charge is 2.26. The fourth-order valence-electron chi connectivity index (χ4n) is 3.10. The number of methoxy groups -OCH3 is 1. The van der Waals surface area contributed by atoms with Crippen molar-refractivity contribution < 1.29 is 4.74 Å². The van der Waals surface area contributed by atoms with Gasteiger partial charge >= 0.3 is 0 Å². The SMILES string of the molecule is CCNC(=NCC(C)(C)c1cccc(Cl)c1)N1CCC(COC)C1.